The molecule has 1 amide bonds. The van der Waals surface area contributed by atoms with Gasteiger partial charge in [0.25, 0.3) is 5.91 Å². The standard InChI is InChI=1S/C20H24ClN3O3S2/c1-14-11-16-12-15(3-5-18(16)24(14)29(2,26)27)20(25)23-9-7-22(8-10-23)13-17-4-6-19(21)28-17/h3-6,12,14H,7-11,13H2,1-2H3/t14-/m1/s1. The van der Waals surface area contributed by atoms with Gasteiger partial charge in [0, 0.05) is 49.2 Å². The number of piperazine rings is 1. The average Bonchev–Trinajstić information content (AvgIpc) is 3.22. The SMILES string of the molecule is C[C@@H]1Cc2cc(C(=O)N3CCN(Cc4ccc(Cl)s4)CC3)ccc2N1S(C)(=O)=O. The Morgan fingerprint density at radius 3 is 2.52 bits per heavy atom. The molecule has 9 heteroatoms. The monoisotopic (exact) mass is 453 g/mol. The lowest BCUT2D eigenvalue weighted by Gasteiger charge is -2.34. The lowest BCUT2D eigenvalue weighted by Crippen LogP contribution is -2.48. The molecule has 0 spiro atoms. The fourth-order valence-corrected chi connectivity index (χ4v) is 6.58. The summed E-state index contributed by atoms with van der Waals surface area (Å²) in [4.78, 5) is 18.4. The smallest absolute Gasteiger partial charge is 0.253 e. The van der Waals surface area contributed by atoms with Crippen molar-refractivity contribution >= 4 is 44.6 Å². The van der Waals surface area contributed by atoms with E-state index in [1.54, 1.807) is 23.5 Å². The Morgan fingerprint density at radius 1 is 1.17 bits per heavy atom. The molecular formula is C20H24ClN3O3S2. The quantitative estimate of drug-likeness (QED) is 0.713. The highest BCUT2D eigenvalue weighted by molar-refractivity contribution is 7.92. The van der Waals surface area contributed by atoms with Crippen molar-refractivity contribution in [1.29, 1.82) is 0 Å². The van der Waals surface area contributed by atoms with Crippen molar-refractivity contribution in [3.05, 3.63) is 50.7 Å². The van der Waals surface area contributed by atoms with Crippen LogP contribution in [0.15, 0.2) is 30.3 Å². The van der Waals surface area contributed by atoms with Gasteiger partial charge >= 0.3 is 0 Å². The first-order chi connectivity index (χ1) is 13.7. The van der Waals surface area contributed by atoms with Crippen molar-refractivity contribution in [3.63, 3.8) is 0 Å². The first-order valence-corrected chi connectivity index (χ1v) is 12.6. The third-order valence-electron chi connectivity index (χ3n) is 5.50. The third kappa shape index (κ3) is 4.30. The zero-order chi connectivity index (χ0) is 20.8. The molecule has 1 atom stereocenters. The molecular weight excluding hydrogens is 430 g/mol. The maximum Gasteiger partial charge on any atom is 0.253 e. The average molecular weight is 454 g/mol. The van der Waals surface area contributed by atoms with E-state index in [2.05, 4.69) is 11.0 Å². The second-order valence-electron chi connectivity index (χ2n) is 7.73. The van der Waals surface area contributed by atoms with Crippen LogP contribution < -0.4 is 4.31 Å². The number of halogens is 1. The minimum Gasteiger partial charge on any atom is -0.336 e. The van der Waals surface area contributed by atoms with E-state index in [0.29, 0.717) is 30.8 Å². The van der Waals surface area contributed by atoms with E-state index in [0.717, 1.165) is 29.5 Å². The predicted molar refractivity (Wildman–Crippen MR) is 117 cm³/mol. The number of rotatable bonds is 4. The van der Waals surface area contributed by atoms with E-state index < -0.39 is 10.0 Å². The molecule has 1 saturated heterocycles. The van der Waals surface area contributed by atoms with Crippen LogP contribution in [-0.4, -0.2) is 62.6 Å². The van der Waals surface area contributed by atoms with Crippen LogP contribution in [-0.2, 0) is 23.0 Å². The molecule has 3 heterocycles. The van der Waals surface area contributed by atoms with Gasteiger partial charge in [-0.1, -0.05) is 11.6 Å². The van der Waals surface area contributed by atoms with E-state index in [-0.39, 0.29) is 11.9 Å². The van der Waals surface area contributed by atoms with Gasteiger partial charge in [-0.15, -0.1) is 11.3 Å². The molecule has 2 aliphatic rings. The van der Waals surface area contributed by atoms with Crippen LogP contribution in [0.5, 0.6) is 0 Å². The molecule has 1 aromatic carbocycles. The van der Waals surface area contributed by atoms with E-state index in [4.69, 9.17) is 11.6 Å². The number of carbonyl (C=O) groups excluding carboxylic acids is 1. The number of hydrogen-bond donors (Lipinski definition) is 0. The minimum absolute atomic E-state index is 0.0112. The van der Waals surface area contributed by atoms with Crippen LogP contribution in [0.3, 0.4) is 0 Å². The molecule has 1 fully saturated rings. The Bertz CT molecular complexity index is 1030. The van der Waals surface area contributed by atoms with Crippen LogP contribution in [0, 0.1) is 0 Å². The number of benzene rings is 1. The Hall–Kier alpha value is -1.61. The van der Waals surface area contributed by atoms with Gasteiger partial charge in [-0.05, 0) is 49.2 Å². The molecule has 0 saturated carbocycles. The van der Waals surface area contributed by atoms with E-state index >= 15 is 0 Å². The summed E-state index contributed by atoms with van der Waals surface area (Å²) < 4.78 is 26.4. The van der Waals surface area contributed by atoms with Gasteiger partial charge in [0.1, 0.15) is 0 Å². The van der Waals surface area contributed by atoms with Crippen molar-refractivity contribution in [2.24, 2.45) is 0 Å². The Labute approximate surface area is 180 Å². The van der Waals surface area contributed by atoms with Gasteiger partial charge in [-0.2, -0.15) is 0 Å². The summed E-state index contributed by atoms with van der Waals surface area (Å²) in [6, 6.07) is 9.22. The Morgan fingerprint density at radius 2 is 1.90 bits per heavy atom. The molecule has 4 rings (SSSR count). The number of amides is 1. The fraction of sp³-hybridized carbons (Fsp3) is 0.450. The molecule has 1 aromatic heterocycles. The number of anilines is 1. The largest absolute Gasteiger partial charge is 0.336 e. The number of carbonyl (C=O) groups is 1. The van der Waals surface area contributed by atoms with Gasteiger partial charge < -0.3 is 4.90 Å². The minimum atomic E-state index is -3.32. The fourth-order valence-electron chi connectivity index (χ4n) is 4.19. The molecule has 2 aliphatic heterocycles. The van der Waals surface area contributed by atoms with Crippen molar-refractivity contribution in [3.8, 4) is 0 Å². The maximum absolute atomic E-state index is 13.0. The summed E-state index contributed by atoms with van der Waals surface area (Å²) in [6.45, 7) is 5.76. The molecule has 0 unspecified atom stereocenters. The first-order valence-electron chi connectivity index (χ1n) is 9.60. The second kappa shape index (κ2) is 7.91. The Balaban J connectivity index is 1.42. The zero-order valence-electron chi connectivity index (χ0n) is 16.5. The summed E-state index contributed by atoms with van der Waals surface area (Å²) in [6.07, 6.45) is 1.85. The highest BCUT2D eigenvalue weighted by Gasteiger charge is 2.33. The van der Waals surface area contributed by atoms with Gasteiger partial charge in [0.15, 0.2) is 0 Å². The number of thiophene rings is 1. The predicted octanol–water partition coefficient (Wildman–Crippen LogP) is 3.07. The normalized spacial score (nSPS) is 20.2. The number of sulfonamides is 1. The van der Waals surface area contributed by atoms with Crippen LogP contribution in [0.1, 0.15) is 27.7 Å². The molecule has 0 radical (unpaired) electrons. The molecule has 0 aliphatic carbocycles. The molecule has 29 heavy (non-hydrogen) atoms. The van der Waals surface area contributed by atoms with Gasteiger partial charge in [-0.3, -0.25) is 14.0 Å². The van der Waals surface area contributed by atoms with Crippen LogP contribution in [0.4, 0.5) is 5.69 Å². The molecule has 6 nitrogen and oxygen atoms in total. The third-order valence-corrected chi connectivity index (χ3v) is 7.99. The van der Waals surface area contributed by atoms with Crippen molar-refractivity contribution < 1.29 is 13.2 Å². The summed E-state index contributed by atoms with van der Waals surface area (Å²) in [5, 5.41) is 0. The maximum atomic E-state index is 13.0. The number of fused-ring (bicyclic) bond motifs is 1. The molecule has 156 valence electrons. The van der Waals surface area contributed by atoms with E-state index in [1.807, 2.05) is 24.0 Å². The van der Waals surface area contributed by atoms with Crippen LogP contribution >= 0.6 is 22.9 Å². The second-order valence-corrected chi connectivity index (χ2v) is 11.4. The lowest BCUT2D eigenvalue weighted by atomic mass is 10.1. The van der Waals surface area contributed by atoms with Crippen molar-refractivity contribution in [2.45, 2.75) is 25.9 Å². The summed E-state index contributed by atoms with van der Waals surface area (Å²) in [5.41, 5.74) is 2.24. The van der Waals surface area contributed by atoms with Crippen molar-refractivity contribution in [1.82, 2.24) is 9.80 Å². The summed E-state index contributed by atoms with van der Waals surface area (Å²) in [5.74, 6) is 0.0112. The highest BCUT2D eigenvalue weighted by atomic mass is 35.5. The van der Waals surface area contributed by atoms with Crippen molar-refractivity contribution in [2.75, 3.05) is 36.7 Å². The van der Waals surface area contributed by atoms with Crippen LogP contribution in [0.25, 0.3) is 0 Å². The molecule has 0 N–H and O–H groups in total. The molecule has 0 bridgehead atoms. The van der Waals surface area contributed by atoms with E-state index in [9.17, 15) is 13.2 Å². The zero-order valence-corrected chi connectivity index (χ0v) is 18.9. The first kappa shape index (κ1) is 20.7. The Kier molecular flexibility index (Phi) is 5.63. The van der Waals surface area contributed by atoms with Gasteiger partial charge in [0.2, 0.25) is 10.0 Å². The van der Waals surface area contributed by atoms with Crippen LogP contribution in [0.2, 0.25) is 4.34 Å². The summed E-state index contributed by atoms with van der Waals surface area (Å²) >= 11 is 7.60. The van der Waals surface area contributed by atoms with Gasteiger partial charge in [0.05, 0.1) is 16.3 Å². The lowest BCUT2D eigenvalue weighted by molar-refractivity contribution is 0.0629. The van der Waals surface area contributed by atoms with Gasteiger partial charge in [-0.25, -0.2) is 8.42 Å². The number of nitrogens with zero attached hydrogens (tertiary/aromatic N) is 3. The topological polar surface area (TPSA) is 60.9 Å². The summed E-state index contributed by atoms with van der Waals surface area (Å²) in [7, 11) is -3.32. The van der Waals surface area contributed by atoms with E-state index in [1.165, 1.54) is 15.4 Å². The number of hydrogen-bond acceptors (Lipinski definition) is 5. The highest BCUT2D eigenvalue weighted by Crippen LogP contribution is 2.35. The molecule has 2 aromatic rings.